The van der Waals surface area contributed by atoms with E-state index in [1.54, 1.807) is 6.92 Å². The van der Waals surface area contributed by atoms with E-state index >= 15 is 0 Å². The number of amides is 1. The number of primary amides is 1. The summed E-state index contributed by atoms with van der Waals surface area (Å²) in [5.74, 6) is -0.493. The minimum absolute atomic E-state index is 0.396. The molecule has 0 saturated heterocycles. The van der Waals surface area contributed by atoms with E-state index in [9.17, 15) is 4.79 Å². The summed E-state index contributed by atoms with van der Waals surface area (Å²) in [5.41, 5.74) is 12.3. The molecule has 1 atom stereocenters. The highest BCUT2D eigenvalue weighted by molar-refractivity contribution is 5.84. The van der Waals surface area contributed by atoms with E-state index in [4.69, 9.17) is 11.5 Å². The summed E-state index contributed by atoms with van der Waals surface area (Å²) < 4.78 is 0. The lowest BCUT2D eigenvalue weighted by Crippen LogP contribution is -2.56. The molecule has 1 unspecified atom stereocenters. The first-order valence-corrected chi connectivity index (χ1v) is 5.20. The number of nitrogens with zero attached hydrogens (tertiary/aromatic N) is 1. The molecule has 0 bridgehead atoms. The molecule has 0 spiro atoms. The lowest BCUT2D eigenvalue weighted by molar-refractivity contribution is -0.122. The second-order valence-electron chi connectivity index (χ2n) is 4.42. The molecule has 1 aromatic carbocycles. The molecule has 0 saturated carbocycles. The molecule has 1 amide bonds. The van der Waals surface area contributed by atoms with Crippen molar-refractivity contribution in [3.05, 3.63) is 29.8 Å². The fraction of sp³-hybridized carbons (Fsp3) is 0.417. The van der Waals surface area contributed by atoms with E-state index < -0.39 is 11.4 Å². The summed E-state index contributed by atoms with van der Waals surface area (Å²) in [5, 5.41) is 0. The van der Waals surface area contributed by atoms with E-state index in [1.165, 1.54) is 0 Å². The summed E-state index contributed by atoms with van der Waals surface area (Å²) in [4.78, 5) is 13.1. The zero-order valence-electron chi connectivity index (χ0n) is 10.0. The first kappa shape index (κ1) is 12.5. The van der Waals surface area contributed by atoms with Crippen LogP contribution in [0.5, 0.6) is 0 Å². The Balaban J connectivity index is 2.85. The summed E-state index contributed by atoms with van der Waals surface area (Å²) >= 11 is 0. The number of carbonyl (C=O) groups is 1. The molecule has 0 aliphatic heterocycles. The van der Waals surface area contributed by atoms with Crippen LogP contribution in [0.4, 0.5) is 5.69 Å². The minimum Gasteiger partial charge on any atom is -0.372 e. The maximum atomic E-state index is 11.1. The standard InChI is InChI=1S/C12H19N3O/c1-9-6-4-5-7-10(9)15(3)8-12(2,14)11(13)16/h4-7H,8,14H2,1-3H3,(H2,13,16). The minimum atomic E-state index is -1.02. The molecule has 0 fully saturated rings. The van der Waals surface area contributed by atoms with E-state index in [1.807, 2.05) is 43.1 Å². The Morgan fingerprint density at radius 3 is 2.50 bits per heavy atom. The first-order valence-electron chi connectivity index (χ1n) is 5.20. The van der Waals surface area contributed by atoms with Crippen LogP contribution in [0.2, 0.25) is 0 Å². The van der Waals surface area contributed by atoms with Crippen molar-refractivity contribution in [3.8, 4) is 0 Å². The smallest absolute Gasteiger partial charge is 0.239 e. The number of hydrogen-bond acceptors (Lipinski definition) is 3. The fourth-order valence-electron chi connectivity index (χ4n) is 1.65. The van der Waals surface area contributed by atoms with Crippen LogP contribution in [0.25, 0.3) is 0 Å². The van der Waals surface area contributed by atoms with Gasteiger partial charge in [-0.3, -0.25) is 4.79 Å². The fourth-order valence-corrected chi connectivity index (χ4v) is 1.65. The van der Waals surface area contributed by atoms with Crippen molar-refractivity contribution in [1.29, 1.82) is 0 Å². The summed E-state index contributed by atoms with van der Waals surface area (Å²) in [6, 6.07) is 7.94. The van der Waals surface area contributed by atoms with Gasteiger partial charge < -0.3 is 16.4 Å². The van der Waals surface area contributed by atoms with Crippen LogP contribution < -0.4 is 16.4 Å². The Hall–Kier alpha value is -1.55. The van der Waals surface area contributed by atoms with Gasteiger partial charge in [-0.1, -0.05) is 18.2 Å². The predicted molar refractivity (Wildman–Crippen MR) is 66.2 cm³/mol. The topological polar surface area (TPSA) is 72.3 Å². The molecular weight excluding hydrogens is 202 g/mol. The van der Waals surface area contributed by atoms with Gasteiger partial charge in [0, 0.05) is 19.3 Å². The van der Waals surface area contributed by atoms with Crippen LogP contribution in [-0.2, 0) is 4.79 Å². The largest absolute Gasteiger partial charge is 0.372 e. The number of nitrogens with two attached hydrogens (primary N) is 2. The third kappa shape index (κ3) is 2.73. The summed E-state index contributed by atoms with van der Waals surface area (Å²) in [7, 11) is 1.90. The number of likely N-dealkylation sites (N-methyl/N-ethyl adjacent to an activating group) is 1. The molecule has 4 nitrogen and oxygen atoms in total. The Bertz CT molecular complexity index is 388. The maximum Gasteiger partial charge on any atom is 0.239 e. The van der Waals surface area contributed by atoms with Gasteiger partial charge in [0.25, 0.3) is 0 Å². The molecule has 0 aliphatic rings. The van der Waals surface area contributed by atoms with E-state index in [2.05, 4.69) is 0 Å². The molecule has 0 heterocycles. The second-order valence-corrected chi connectivity index (χ2v) is 4.42. The number of rotatable bonds is 4. The second kappa shape index (κ2) is 4.53. The van der Waals surface area contributed by atoms with Crippen LogP contribution in [0.3, 0.4) is 0 Å². The van der Waals surface area contributed by atoms with Gasteiger partial charge in [0.2, 0.25) is 5.91 Å². The molecule has 1 rings (SSSR count). The highest BCUT2D eigenvalue weighted by atomic mass is 16.1. The van der Waals surface area contributed by atoms with Crippen LogP contribution in [0.1, 0.15) is 12.5 Å². The molecule has 16 heavy (non-hydrogen) atoms. The van der Waals surface area contributed by atoms with Crippen molar-refractivity contribution < 1.29 is 4.79 Å². The first-order chi connectivity index (χ1) is 7.34. The quantitative estimate of drug-likeness (QED) is 0.783. The monoisotopic (exact) mass is 221 g/mol. The van der Waals surface area contributed by atoms with E-state index in [0.717, 1.165) is 11.3 Å². The van der Waals surface area contributed by atoms with Crippen LogP contribution in [0, 0.1) is 6.92 Å². The van der Waals surface area contributed by atoms with Gasteiger partial charge >= 0.3 is 0 Å². The Morgan fingerprint density at radius 2 is 2.00 bits per heavy atom. The third-order valence-corrected chi connectivity index (χ3v) is 2.66. The predicted octanol–water partition coefficient (Wildman–Crippen LogP) is 0.634. The Kier molecular flexibility index (Phi) is 3.55. The van der Waals surface area contributed by atoms with E-state index in [0.29, 0.717) is 6.54 Å². The Morgan fingerprint density at radius 1 is 1.44 bits per heavy atom. The number of aryl methyl sites for hydroxylation is 1. The molecular formula is C12H19N3O. The lowest BCUT2D eigenvalue weighted by atomic mass is 10.0. The SMILES string of the molecule is Cc1ccccc1N(C)CC(C)(N)C(N)=O. The zero-order valence-corrected chi connectivity index (χ0v) is 10.0. The van der Waals surface area contributed by atoms with Gasteiger partial charge in [-0.15, -0.1) is 0 Å². The zero-order chi connectivity index (χ0) is 12.3. The van der Waals surface area contributed by atoms with Crippen molar-refractivity contribution in [1.82, 2.24) is 0 Å². The van der Waals surface area contributed by atoms with Crippen molar-refractivity contribution in [2.75, 3.05) is 18.5 Å². The van der Waals surface area contributed by atoms with Crippen LogP contribution >= 0.6 is 0 Å². The van der Waals surface area contributed by atoms with Gasteiger partial charge in [-0.05, 0) is 25.5 Å². The summed E-state index contributed by atoms with van der Waals surface area (Å²) in [6.07, 6.45) is 0. The molecule has 1 aromatic rings. The van der Waals surface area contributed by atoms with Gasteiger partial charge in [0.05, 0.1) is 0 Å². The number of carbonyl (C=O) groups excluding carboxylic acids is 1. The average Bonchev–Trinajstić information content (AvgIpc) is 2.17. The van der Waals surface area contributed by atoms with E-state index in [-0.39, 0.29) is 0 Å². The highest BCUT2D eigenvalue weighted by Crippen LogP contribution is 2.19. The molecule has 0 aromatic heterocycles. The van der Waals surface area contributed by atoms with Crippen molar-refractivity contribution in [2.45, 2.75) is 19.4 Å². The molecule has 4 N–H and O–H groups in total. The number of anilines is 1. The highest BCUT2D eigenvalue weighted by Gasteiger charge is 2.27. The van der Waals surface area contributed by atoms with Crippen LogP contribution in [-0.4, -0.2) is 25.0 Å². The molecule has 0 radical (unpaired) electrons. The Labute approximate surface area is 96.2 Å². The number of benzene rings is 1. The van der Waals surface area contributed by atoms with Crippen molar-refractivity contribution in [2.24, 2.45) is 11.5 Å². The number of para-hydroxylation sites is 1. The average molecular weight is 221 g/mol. The normalized spacial score (nSPS) is 14.2. The molecule has 0 aliphatic carbocycles. The molecule has 4 heteroatoms. The van der Waals surface area contributed by atoms with Gasteiger partial charge in [-0.2, -0.15) is 0 Å². The lowest BCUT2D eigenvalue weighted by Gasteiger charge is -2.29. The third-order valence-electron chi connectivity index (χ3n) is 2.66. The van der Waals surface area contributed by atoms with Crippen molar-refractivity contribution in [3.63, 3.8) is 0 Å². The van der Waals surface area contributed by atoms with Gasteiger partial charge in [-0.25, -0.2) is 0 Å². The van der Waals surface area contributed by atoms with Gasteiger partial charge in [0.15, 0.2) is 0 Å². The maximum absolute atomic E-state index is 11.1. The van der Waals surface area contributed by atoms with Crippen LogP contribution in [0.15, 0.2) is 24.3 Å². The summed E-state index contributed by atoms with van der Waals surface area (Å²) in [6.45, 7) is 4.06. The number of hydrogen-bond donors (Lipinski definition) is 2. The van der Waals surface area contributed by atoms with Gasteiger partial charge in [0.1, 0.15) is 5.54 Å². The van der Waals surface area contributed by atoms with Crippen molar-refractivity contribution >= 4 is 11.6 Å². The molecule has 88 valence electrons.